The number of aromatic nitrogens is 3. The van der Waals surface area contributed by atoms with Crippen molar-refractivity contribution < 1.29 is 4.79 Å². The van der Waals surface area contributed by atoms with E-state index in [0.717, 1.165) is 18.5 Å². The van der Waals surface area contributed by atoms with Crippen LogP contribution in [0.2, 0.25) is 0 Å². The van der Waals surface area contributed by atoms with Crippen LogP contribution in [0.25, 0.3) is 11.4 Å². The standard InChI is InChI=1S/C22H23N5O/c1-15-9-10-19-16(13-15)7-6-12-27(19)21(28)17-14-24-22(26(2)3)25-20(17)18-8-4-5-11-23-18/h4-5,8-11,13-14H,6-7,12H2,1-3H3. The molecular weight excluding hydrogens is 350 g/mol. The van der Waals surface area contributed by atoms with Crippen molar-refractivity contribution in [1.82, 2.24) is 15.0 Å². The van der Waals surface area contributed by atoms with Crippen LogP contribution in [0.4, 0.5) is 11.6 Å². The quantitative estimate of drug-likeness (QED) is 0.703. The SMILES string of the molecule is Cc1ccc2c(c1)CCCN2C(=O)c1cnc(N(C)C)nc1-c1ccccn1. The lowest BCUT2D eigenvalue weighted by atomic mass is 9.98. The minimum Gasteiger partial charge on any atom is -0.347 e. The first-order valence-electron chi connectivity index (χ1n) is 9.42. The van der Waals surface area contributed by atoms with Gasteiger partial charge >= 0.3 is 0 Å². The summed E-state index contributed by atoms with van der Waals surface area (Å²) in [4.78, 5) is 30.6. The Hall–Kier alpha value is -3.28. The van der Waals surface area contributed by atoms with Crippen LogP contribution in [0.1, 0.15) is 27.9 Å². The highest BCUT2D eigenvalue weighted by Gasteiger charge is 2.27. The first-order chi connectivity index (χ1) is 13.5. The molecular formula is C22H23N5O. The zero-order valence-corrected chi connectivity index (χ0v) is 16.4. The van der Waals surface area contributed by atoms with Crippen molar-refractivity contribution in [3.05, 3.63) is 65.5 Å². The summed E-state index contributed by atoms with van der Waals surface area (Å²) in [6.07, 6.45) is 5.26. The summed E-state index contributed by atoms with van der Waals surface area (Å²) in [6.45, 7) is 2.76. The molecule has 1 aliphatic heterocycles. The maximum Gasteiger partial charge on any atom is 0.262 e. The first-order valence-corrected chi connectivity index (χ1v) is 9.42. The highest BCUT2D eigenvalue weighted by Crippen LogP contribution is 2.31. The molecule has 0 N–H and O–H groups in total. The molecule has 0 radical (unpaired) electrons. The Morgan fingerprint density at radius 2 is 2.00 bits per heavy atom. The molecule has 4 rings (SSSR count). The van der Waals surface area contributed by atoms with Crippen molar-refractivity contribution in [1.29, 1.82) is 0 Å². The number of benzene rings is 1. The van der Waals surface area contributed by atoms with Gasteiger partial charge in [0.2, 0.25) is 5.95 Å². The normalized spacial score (nSPS) is 13.2. The second-order valence-electron chi connectivity index (χ2n) is 7.23. The number of fused-ring (bicyclic) bond motifs is 1. The fraction of sp³-hybridized carbons (Fsp3) is 0.273. The maximum absolute atomic E-state index is 13.5. The van der Waals surface area contributed by atoms with Crippen LogP contribution in [-0.4, -0.2) is 41.5 Å². The highest BCUT2D eigenvalue weighted by atomic mass is 16.2. The van der Waals surface area contributed by atoms with E-state index in [1.54, 1.807) is 12.4 Å². The summed E-state index contributed by atoms with van der Waals surface area (Å²) in [5.41, 5.74) is 5.09. The third-order valence-electron chi connectivity index (χ3n) is 4.91. The minimum absolute atomic E-state index is 0.0873. The number of carbonyl (C=O) groups is 1. The molecule has 1 amide bonds. The van der Waals surface area contributed by atoms with Crippen molar-refractivity contribution in [2.45, 2.75) is 19.8 Å². The van der Waals surface area contributed by atoms with Gasteiger partial charge in [-0.05, 0) is 43.5 Å². The molecule has 6 nitrogen and oxygen atoms in total. The number of carbonyl (C=O) groups excluding carboxylic acids is 1. The molecule has 1 aromatic carbocycles. The van der Waals surface area contributed by atoms with E-state index in [0.29, 0.717) is 29.4 Å². The minimum atomic E-state index is -0.0873. The van der Waals surface area contributed by atoms with Crippen LogP contribution < -0.4 is 9.80 Å². The number of anilines is 2. The van der Waals surface area contributed by atoms with Crippen LogP contribution in [0.15, 0.2) is 48.8 Å². The average molecular weight is 373 g/mol. The predicted molar refractivity (Wildman–Crippen MR) is 111 cm³/mol. The third-order valence-corrected chi connectivity index (χ3v) is 4.91. The van der Waals surface area contributed by atoms with Gasteiger partial charge in [0.1, 0.15) is 5.69 Å². The second kappa shape index (κ2) is 7.38. The number of hydrogen-bond donors (Lipinski definition) is 0. The summed E-state index contributed by atoms with van der Waals surface area (Å²) >= 11 is 0. The zero-order valence-electron chi connectivity index (χ0n) is 16.4. The van der Waals surface area contributed by atoms with E-state index in [9.17, 15) is 4.79 Å². The van der Waals surface area contributed by atoms with Crippen molar-refractivity contribution in [2.75, 3.05) is 30.4 Å². The lowest BCUT2D eigenvalue weighted by Gasteiger charge is -2.30. The number of aryl methyl sites for hydroxylation is 2. The average Bonchev–Trinajstić information content (AvgIpc) is 2.72. The third kappa shape index (κ3) is 3.33. The van der Waals surface area contributed by atoms with E-state index >= 15 is 0 Å². The summed E-state index contributed by atoms with van der Waals surface area (Å²) in [5.74, 6) is 0.461. The Labute approximate surface area is 164 Å². The molecule has 0 saturated heterocycles. The van der Waals surface area contributed by atoms with Crippen molar-refractivity contribution >= 4 is 17.5 Å². The van der Waals surface area contributed by atoms with Gasteiger partial charge in [-0.1, -0.05) is 23.8 Å². The Balaban J connectivity index is 1.81. The zero-order chi connectivity index (χ0) is 19.7. The van der Waals surface area contributed by atoms with Crippen LogP contribution in [0.3, 0.4) is 0 Å². The van der Waals surface area contributed by atoms with E-state index in [1.807, 2.05) is 48.2 Å². The Kier molecular flexibility index (Phi) is 4.77. The maximum atomic E-state index is 13.5. The van der Waals surface area contributed by atoms with Crippen LogP contribution in [0, 0.1) is 6.92 Å². The largest absolute Gasteiger partial charge is 0.347 e. The molecule has 0 spiro atoms. The van der Waals surface area contributed by atoms with Crippen molar-refractivity contribution in [3.8, 4) is 11.4 Å². The van der Waals surface area contributed by atoms with Gasteiger partial charge in [-0.2, -0.15) is 0 Å². The molecule has 3 heterocycles. The number of hydrogen-bond acceptors (Lipinski definition) is 5. The Morgan fingerprint density at radius 1 is 1.14 bits per heavy atom. The van der Waals surface area contributed by atoms with Crippen LogP contribution in [0.5, 0.6) is 0 Å². The molecule has 142 valence electrons. The molecule has 0 saturated carbocycles. The summed E-state index contributed by atoms with van der Waals surface area (Å²) < 4.78 is 0. The van der Waals surface area contributed by atoms with Gasteiger partial charge in [-0.3, -0.25) is 9.78 Å². The van der Waals surface area contributed by atoms with Crippen LogP contribution >= 0.6 is 0 Å². The van der Waals surface area contributed by atoms with Gasteiger partial charge in [0, 0.05) is 38.7 Å². The summed E-state index contributed by atoms with van der Waals surface area (Å²) in [7, 11) is 3.75. The smallest absolute Gasteiger partial charge is 0.262 e. The highest BCUT2D eigenvalue weighted by molar-refractivity contribution is 6.09. The van der Waals surface area contributed by atoms with E-state index in [2.05, 4.69) is 34.0 Å². The molecule has 0 fully saturated rings. The summed E-state index contributed by atoms with van der Waals surface area (Å²) in [6, 6.07) is 11.9. The second-order valence-corrected chi connectivity index (χ2v) is 7.23. The number of pyridine rings is 1. The van der Waals surface area contributed by atoms with Gasteiger partial charge in [0.15, 0.2) is 0 Å². The Bertz CT molecular complexity index is 1020. The molecule has 3 aromatic rings. The predicted octanol–water partition coefficient (Wildman–Crippen LogP) is 3.51. The van der Waals surface area contributed by atoms with Gasteiger partial charge < -0.3 is 9.80 Å². The van der Waals surface area contributed by atoms with Crippen molar-refractivity contribution in [3.63, 3.8) is 0 Å². The molecule has 28 heavy (non-hydrogen) atoms. The fourth-order valence-corrected chi connectivity index (χ4v) is 3.52. The number of rotatable bonds is 3. The van der Waals surface area contributed by atoms with Gasteiger partial charge in [-0.25, -0.2) is 9.97 Å². The Morgan fingerprint density at radius 3 is 2.75 bits per heavy atom. The molecule has 0 atom stereocenters. The molecule has 6 heteroatoms. The lowest BCUT2D eigenvalue weighted by Crippen LogP contribution is -2.36. The molecule has 2 aromatic heterocycles. The molecule has 1 aliphatic rings. The van der Waals surface area contributed by atoms with E-state index in [4.69, 9.17) is 0 Å². The van der Waals surface area contributed by atoms with Gasteiger partial charge in [-0.15, -0.1) is 0 Å². The van der Waals surface area contributed by atoms with Gasteiger partial charge in [0.05, 0.1) is 11.3 Å². The monoisotopic (exact) mass is 373 g/mol. The van der Waals surface area contributed by atoms with E-state index in [-0.39, 0.29) is 5.91 Å². The van der Waals surface area contributed by atoms with Gasteiger partial charge in [0.25, 0.3) is 5.91 Å². The molecule has 0 bridgehead atoms. The molecule has 0 aliphatic carbocycles. The summed E-state index contributed by atoms with van der Waals surface area (Å²) in [5, 5.41) is 0. The van der Waals surface area contributed by atoms with E-state index < -0.39 is 0 Å². The lowest BCUT2D eigenvalue weighted by molar-refractivity contribution is 0.0985. The topological polar surface area (TPSA) is 62.2 Å². The number of nitrogens with zero attached hydrogens (tertiary/aromatic N) is 5. The fourth-order valence-electron chi connectivity index (χ4n) is 3.52. The van der Waals surface area contributed by atoms with Crippen LogP contribution in [-0.2, 0) is 6.42 Å². The number of amides is 1. The first kappa shape index (κ1) is 18.1. The molecule has 0 unspecified atom stereocenters. The van der Waals surface area contributed by atoms with Crippen molar-refractivity contribution in [2.24, 2.45) is 0 Å². The van der Waals surface area contributed by atoms with E-state index in [1.165, 1.54) is 11.1 Å².